The zero-order valence-corrected chi connectivity index (χ0v) is 17.5. The van der Waals surface area contributed by atoms with Gasteiger partial charge in [-0.05, 0) is 50.2 Å². The van der Waals surface area contributed by atoms with Crippen molar-refractivity contribution in [2.75, 3.05) is 44.5 Å². The average molecular weight is 429 g/mol. The number of anilines is 1. The van der Waals surface area contributed by atoms with Crippen LogP contribution in [0.1, 0.15) is 43.6 Å². The number of carbonyl (C=O) groups excluding carboxylic acids is 1. The lowest BCUT2D eigenvalue weighted by atomic mass is 10.0. The van der Waals surface area contributed by atoms with Gasteiger partial charge in [0, 0.05) is 12.6 Å². The van der Waals surface area contributed by atoms with Gasteiger partial charge in [0.1, 0.15) is 18.1 Å². The van der Waals surface area contributed by atoms with Crippen LogP contribution in [0.15, 0.2) is 12.1 Å². The lowest BCUT2D eigenvalue weighted by Gasteiger charge is -2.40. The van der Waals surface area contributed by atoms with Gasteiger partial charge in [0.2, 0.25) is 5.88 Å². The number of nitrogens with one attached hydrogen (secondary N) is 1. The molecule has 3 rings (SSSR count). The number of ether oxygens (including phenoxy) is 2. The number of rotatable bonds is 12. The second kappa shape index (κ2) is 9.85. The molecule has 0 aromatic carbocycles. The second-order valence-electron chi connectivity index (χ2n) is 8.47. The standard InChI is InChI=1S/C21H30F3N3O3/c1-14(10-29-8-7-22)9-15(2)25-19(28)17-5-6-18(27-12-21(23,24)13-27)20(26-17)30-11-16-3-4-16/h5-6,14-16H,3-4,7-13H2,1-2H3,(H,25,28)/t14?,15-/m0/s1. The summed E-state index contributed by atoms with van der Waals surface area (Å²) >= 11 is 0. The molecule has 1 aliphatic heterocycles. The first-order valence-electron chi connectivity index (χ1n) is 10.5. The maximum Gasteiger partial charge on any atom is 0.282 e. The van der Waals surface area contributed by atoms with Crippen molar-refractivity contribution in [3.63, 3.8) is 0 Å². The van der Waals surface area contributed by atoms with Crippen LogP contribution in [0, 0.1) is 11.8 Å². The van der Waals surface area contributed by atoms with Crippen molar-refractivity contribution in [1.29, 1.82) is 0 Å². The van der Waals surface area contributed by atoms with E-state index in [0.29, 0.717) is 31.2 Å². The van der Waals surface area contributed by atoms with Crippen LogP contribution in [0.2, 0.25) is 0 Å². The molecule has 1 amide bonds. The maximum absolute atomic E-state index is 13.3. The van der Waals surface area contributed by atoms with E-state index in [1.54, 1.807) is 6.07 Å². The van der Waals surface area contributed by atoms with Crippen LogP contribution in [-0.4, -0.2) is 62.4 Å². The highest BCUT2D eigenvalue weighted by molar-refractivity contribution is 5.93. The number of aromatic nitrogens is 1. The minimum absolute atomic E-state index is 0.0773. The molecule has 2 aliphatic rings. The van der Waals surface area contributed by atoms with Crippen molar-refractivity contribution >= 4 is 11.6 Å². The van der Waals surface area contributed by atoms with Crippen LogP contribution in [-0.2, 0) is 4.74 Å². The lowest BCUT2D eigenvalue weighted by Crippen LogP contribution is -2.56. The van der Waals surface area contributed by atoms with Gasteiger partial charge >= 0.3 is 0 Å². The molecule has 168 valence electrons. The summed E-state index contributed by atoms with van der Waals surface area (Å²) in [7, 11) is 0. The molecule has 2 atom stereocenters. The predicted octanol–water partition coefficient (Wildman–Crippen LogP) is 3.46. The molecule has 30 heavy (non-hydrogen) atoms. The van der Waals surface area contributed by atoms with Crippen LogP contribution < -0.4 is 15.0 Å². The first-order valence-corrected chi connectivity index (χ1v) is 10.5. The van der Waals surface area contributed by atoms with E-state index in [4.69, 9.17) is 9.47 Å². The summed E-state index contributed by atoms with van der Waals surface area (Å²) in [4.78, 5) is 18.5. The van der Waals surface area contributed by atoms with Crippen molar-refractivity contribution in [3.8, 4) is 5.88 Å². The molecule has 1 aliphatic carbocycles. The Bertz CT molecular complexity index is 723. The topological polar surface area (TPSA) is 63.7 Å². The molecule has 1 saturated heterocycles. The molecule has 9 heteroatoms. The molecular weight excluding hydrogens is 399 g/mol. The number of carbonyl (C=O) groups is 1. The number of halogens is 3. The summed E-state index contributed by atoms with van der Waals surface area (Å²) in [6, 6.07) is 3.02. The third kappa shape index (κ3) is 6.48. The zero-order chi connectivity index (χ0) is 21.7. The van der Waals surface area contributed by atoms with Gasteiger partial charge in [-0.25, -0.2) is 18.2 Å². The van der Waals surface area contributed by atoms with E-state index < -0.39 is 12.6 Å². The van der Waals surface area contributed by atoms with Crippen LogP contribution in [0.3, 0.4) is 0 Å². The van der Waals surface area contributed by atoms with E-state index in [-0.39, 0.29) is 49.1 Å². The van der Waals surface area contributed by atoms with E-state index in [1.807, 2.05) is 13.8 Å². The first-order chi connectivity index (χ1) is 14.3. The van der Waals surface area contributed by atoms with E-state index in [2.05, 4.69) is 10.3 Å². The predicted molar refractivity (Wildman–Crippen MR) is 107 cm³/mol. The molecule has 2 heterocycles. The van der Waals surface area contributed by atoms with Crippen molar-refractivity contribution in [3.05, 3.63) is 17.8 Å². The van der Waals surface area contributed by atoms with E-state index in [9.17, 15) is 18.0 Å². The Morgan fingerprint density at radius 3 is 2.70 bits per heavy atom. The number of hydrogen-bond donors (Lipinski definition) is 1. The average Bonchev–Trinajstić information content (AvgIpc) is 3.48. The van der Waals surface area contributed by atoms with Crippen LogP contribution in [0.25, 0.3) is 0 Å². The highest BCUT2D eigenvalue weighted by atomic mass is 19.3. The zero-order valence-electron chi connectivity index (χ0n) is 17.5. The summed E-state index contributed by atoms with van der Waals surface area (Å²) in [5.41, 5.74) is 0.676. The SMILES string of the molecule is CC(COCCF)C[C@H](C)NC(=O)c1ccc(N2CC(F)(F)C2)c(OCC2CC2)n1. The minimum atomic E-state index is -2.70. The largest absolute Gasteiger partial charge is 0.476 e. The van der Waals surface area contributed by atoms with Crippen molar-refractivity contribution in [2.24, 2.45) is 11.8 Å². The summed E-state index contributed by atoms with van der Waals surface area (Å²) in [5.74, 6) is -2.20. The number of hydrogen-bond acceptors (Lipinski definition) is 5. The van der Waals surface area contributed by atoms with Crippen molar-refractivity contribution in [1.82, 2.24) is 10.3 Å². The summed E-state index contributed by atoms with van der Waals surface area (Å²) in [5, 5.41) is 2.89. The van der Waals surface area contributed by atoms with Crippen LogP contribution in [0.4, 0.5) is 18.9 Å². The van der Waals surface area contributed by atoms with Crippen LogP contribution in [0.5, 0.6) is 5.88 Å². The summed E-state index contributed by atoms with van der Waals surface area (Å²) < 4.78 is 49.7. The highest BCUT2D eigenvalue weighted by Gasteiger charge is 2.45. The molecule has 1 aromatic heterocycles. The molecule has 0 bridgehead atoms. The van der Waals surface area contributed by atoms with Gasteiger partial charge in [-0.2, -0.15) is 0 Å². The van der Waals surface area contributed by atoms with Gasteiger partial charge in [0.15, 0.2) is 0 Å². The Kier molecular flexibility index (Phi) is 7.44. The number of nitrogens with zero attached hydrogens (tertiary/aromatic N) is 2. The molecule has 1 N–H and O–H groups in total. The van der Waals surface area contributed by atoms with Crippen molar-refractivity contribution < 1.29 is 27.4 Å². The smallest absolute Gasteiger partial charge is 0.282 e. The fourth-order valence-electron chi connectivity index (χ4n) is 3.44. The number of pyridine rings is 1. The number of alkyl halides is 3. The Hall–Kier alpha value is -2.03. The van der Waals surface area contributed by atoms with Gasteiger partial charge in [-0.1, -0.05) is 6.92 Å². The Balaban J connectivity index is 1.59. The minimum Gasteiger partial charge on any atom is -0.476 e. The lowest BCUT2D eigenvalue weighted by molar-refractivity contribution is -0.0265. The second-order valence-corrected chi connectivity index (χ2v) is 8.47. The molecule has 0 spiro atoms. The normalized spacial score (nSPS) is 19.7. The molecule has 1 unspecified atom stereocenters. The Morgan fingerprint density at radius 1 is 1.33 bits per heavy atom. The van der Waals surface area contributed by atoms with Gasteiger partial charge in [-0.3, -0.25) is 4.79 Å². The van der Waals surface area contributed by atoms with Crippen LogP contribution >= 0.6 is 0 Å². The van der Waals surface area contributed by atoms with Crippen molar-refractivity contribution in [2.45, 2.75) is 45.1 Å². The Morgan fingerprint density at radius 2 is 2.07 bits per heavy atom. The molecule has 1 saturated carbocycles. The highest BCUT2D eigenvalue weighted by Crippen LogP contribution is 2.37. The summed E-state index contributed by atoms with van der Waals surface area (Å²) in [6.45, 7) is 3.57. The summed E-state index contributed by atoms with van der Waals surface area (Å²) in [6.07, 6.45) is 2.84. The molecular formula is C21H30F3N3O3. The fraction of sp³-hybridized carbons (Fsp3) is 0.714. The third-order valence-corrected chi connectivity index (χ3v) is 5.17. The van der Waals surface area contributed by atoms with E-state index >= 15 is 0 Å². The maximum atomic E-state index is 13.3. The fourth-order valence-corrected chi connectivity index (χ4v) is 3.44. The van der Waals surface area contributed by atoms with Gasteiger partial charge < -0.3 is 19.7 Å². The van der Waals surface area contributed by atoms with E-state index in [1.165, 1.54) is 11.0 Å². The monoisotopic (exact) mass is 429 g/mol. The molecule has 6 nitrogen and oxygen atoms in total. The molecule has 1 aromatic rings. The molecule has 2 fully saturated rings. The van der Waals surface area contributed by atoms with E-state index in [0.717, 1.165) is 12.8 Å². The molecule has 0 radical (unpaired) electrons. The first kappa shape index (κ1) is 22.7. The van der Waals surface area contributed by atoms with Gasteiger partial charge in [0.25, 0.3) is 11.8 Å². The quantitative estimate of drug-likeness (QED) is 0.516. The Labute approximate surface area is 175 Å². The third-order valence-electron chi connectivity index (χ3n) is 5.17. The number of amides is 1. The van der Waals surface area contributed by atoms with Gasteiger partial charge in [-0.15, -0.1) is 0 Å². The van der Waals surface area contributed by atoms with Gasteiger partial charge in [0.05, 0.1) is 26.3 Å².